The van der Waals surface area contributed by atoms with Crippen molar-refractivity contribution in [2.24, 2.45) is 5.73 Å². The fourth-order valence-electron chi connectivity index (χ4n) is 4.53. The van der Waals surface area contributed by atoms with Crippen molar-refractivity contribution in [3.05, 3.63) is 83.2 Å². The van der Waals surface area contributed by atoms with Crippen LogP contribution in [0.5, 0.6) is 0 Å². The zero-order chi connectivity index (χ0) is 26.3. The number of nitrogens with two attached hydrogens (primary N) is 1. The van der Waals surface area contributed by atoms with Crippen LogP contribution in [-0.2, 0) is 6.18 Å². The quantitative estimate of drug-likeness (QED) is 0.246. The van der Waals surface area contributed by atoms with Crippen LogP contribution in [0.15, 0.2) is 54.6 Å². The molecule has 2 N–H and O–H groups in total. The van der Waals surface area contributed by atoms with E-state index in [0.29, 0.717) is 35.5 Å². The maximum Gasteiger partial charge on any atom is 0.417 e. The molecule has 1 aliphatic heterocycles. The summed E-state index contributed by atoms with van der Waals surface area (Å²) < 4.78 is 70.4. The highest BCUT2D eigenvalue weighted by Crippen LogP contribution is 2.40. The van der Waals surface area contributed by atoms with E-state index in [1.807, 2.05) is 4.90 Å². The van der Waals surface area contributed by atoms with E-state index in [4.69, 9.17) is 12.3 Å². The van der Waals surface area contributed by atoms with E-state index in [-0.39, 0.29) is 23.0 Å². The van der Waals surface area contributed by atoms with E-state index >= 15 is 0 Å². The van der Waals surface area contributed by atoms with E-state index in [0.717, 1.165) is 37.1 Å². The number of halogens is 5. The predicted octanol–water partition coefficient (Wildman–Crippen LogP) is 6.74. The maximum atomic E-state index is 14.7. The molecule has 0 saturated carbocycles. The van der Waals surface area contributed by atoms with E-state index in [1.165, 1.54) is 30.3 Å². The smallest absolute Gasteiger partial charge is 0.341 e. The third-order valence-electron chi connectivity index (χ3n) is 6.46. The molecule has 4 aromatic rings. The van der Waals surface area contributed by atoms with Gasteiger partial charge in [-0.2, -0.15) is 13.2 Å². The second kappa shape index (κ2) is 9.41. The second-order valence-corrected chi connectivity index (χ2v) is 8.87. The molecular weight excluding hydrogens is 489 g/mol. The first-order valence-electron chi connectivity index (χ1n) is 11.5. The first-order valence-corrected chi connectivity index (χ1v) is 11.5. The maximum absolute atomic E-state index is 14.7. The fraction of sp³-hybridized carbons (Fsp3) is 0.222. The number of hydrogen-bond donors (Lipinski definition) is 1. The topological polar surface area (TPSA) is 59.4 Å². The number of aromatic nitrogens is 2. The van der Waals surface area contributed by atoms with Crippen LogP contribution >= 0.6 is 0 Å². The lowest BCUT2D eigenvalue weighted by Crippen LogP contribution is -2.40. The van der Waals surface area contributed by atoms with Crippen LogP contribution in [0.2, 0.25) is 0 Å². The molecule has 1 fully saturated rings. The Hall–Kier alpha value is -4.10. The molecular formula is C27H20F5N5. The van der Waals surface area contributed by atoms with Crippen molar-refractivity contribution in [3.63, 3.8) is 0 Å². The van der Waals surface area contributed by atoms with Crippen LogP contribution in [0.25, 0.3) is 38.1 Å². The summed E-state index contributed by atoms with van der Waals surface area (Å²) in [4.78, 5) is 14.4. The molecule has 5 nitrogen and oxygen atoms in total. The van der Waals surface area contributed by atoms with Gasteiger partial charge in [-0.1, -0.05) is 24.3 Å². The van der Waals surface area contributed by atoms with Crippen LogP contribution in [0.3, 0.4) is 0 Å². The Balaban J connectivity index is 1.74. The van der Waals surface area contributed by atoms with Gasteiger partial charge in [0.05, 0.1) is 23.3 Å². The predicted molar refractivity (Wildman–Crippen MR) is 131 cm³/mol. The number of hydrogen-bond acceptors (Lipinski definition) is 4. The second-order valence-electron chi connectivity index (χ2n) is 8.87. The minimum Gasteiger partial charge on any atom is -0.341 e. The average molecular weight is 509 g/mol. The van der Waals surface area contributed by atoms with Gasteiger partial charge in [0.25, 0.3) is 0 Å². The van der Waals surface area contributed by atoms with Crippen molar-refractivity contribution in [1.29, 1.82) is 0 Å². The SMILES string of the molecule is [C-]#[N+]c1ccc(-c2nc(N3CCC(N)CC3)nc3ccc(-c4c(F)cccc4C(F)(F)F)cc23)cc1F. The molecule has 1 saturated heterocycles. The summed E-state index contributed by atoms with van der Waals surface area (Å²) in [5, 5.41) is 0.321. The number of rotatable bonds is 3. The number of piperidine rings is 1. The third-order valence-corrected chi connectivity index (χ3v) is 6.46. The van der Waals surface area contributed by atoms with E-state index in [2.05, 4.69) is 14.8 Å². The number of nitrogens with zero attached hydrogens (tertiary/aromatic N) is 4. The standard InChI is InChI=1S/C27H20F5N5/c1-34-23-8-6-16(14-21(23)29)25-18-13-15(24-19(27(30,31)32)3-2-4-20(24)28)5-7-22(18)35-26(36-25)37-11-9-17(33)10-12-37/h2-8,13-14,17H,9-12,33H2. The Morgan fingerprint density at radius 3 is 2.32 bits per heavy atom. The molecule has 188 valence electrons. The number of anilines is 1. The molecule has 10 heteroatoms. The third kappa shape index (κ3) is 4.70. The lowest BCUT2D eigenvalue weighted by atomic mass is 9.96. The Morgan fingerprint density at radius 1 is 0.919 bits per heavy atom. The van der Waals surface area contributed by atoms with Crippen molar-refractivity contribution in [2.75, 3.05) is 18.0 Å². The van der Waals surface area contributed by atoms with E-state index in [1.54, 1.807) is 0 Å². The van der Waals surface area contributed by atoms with Gasteiger partial charge in [0.1, 0.15) is 11.6 Å². The summed E-state index contributed by atoms with van der Waals surface area (Å²) in [5.41, 5.74) is 5.10. The molecule has 0 amide bonds. The van der Waals surface area contributed by atoms with Crippen LogP contribution in [0.1, 0.15) is 18.4 Å². The van der Waals surface area contributed by atoms with Crippen molar-refractivity contribution in [2.45, 2.75) is 25.1 Å². The highest BCUT2D eigenvalue weighted by molar-refractivity contribution is 5.96. The average Bonchev–Trinajstić information content (AvgIpc) is 2.87. The normalized spacial score (nSPS) is 14.7. The van der Waals surface area contributed by atoms with Gasteiger partial charge in [-0.3, -0.25) is 0 Å². The molecule has 1 aliphatic rings. The van der Waals surface area contributed by atoms with Crippen LogP contribution in [-0.4, -0.2) is 29.1 Å². The first kappa shape index (κ1) is 24.6. The number of alkyl halides is 3. The highest BCUT2D eigenvalue weighted by Gasteiger charge is 2.35. The van der Waals surface area contributed by atoms with Gasteiger partial charge in [-0.25, -0.2) is 23.6 Å². The van der Waals surface area contributed by atoms with Gasteiger partial charge in [0, 0.05) is 35.6 Å². The van der Waals surface area contributed by atoms with Crippen molar-refractivity contribution in [3.8, 4) is 22.4 Å². The van der Waals surface area contributed by atoms with Crippen molar-refractivity contribution < 1.29 is 22.0 Å². The van der Waals surface area contributed by atoms with Crippen LogP contribution in [0, 0.1) is 18.2 Å². The summed E-state index contributed by atoms with van der Waals surface area (Å²) >= 11 is 0. The lowest BCUT2D eigenvalue weighted by molar-refractivity contribution is -0.137. The van der Waals surface area contributed by atoms with Crippen molar-refractivity contribution >= 4 is 22.5 Å². The molecule has 37 heavy (non-hydrogen) atoms. The molecule has 0 aliphatic carbocycles. The van der Waals surface area contributed by atoms with Crippen LogP contribution < -0.4 is 10.6 Å². The largest absolute Gasteiger partial charge is 0.417 e. The van der Waals surface area contributed by atoms with Gasteiger partial charge < -0.3 is 10.6 Å². The van der Waals surface area contributed by atoms with Gasteiger partial charge in [-0.05, 0) is 48.7 Å². The Labute approximate surface area is 209 Å². The number of benzene rings is 3. The molecule has 2 heterocycles. The zero-order valence-corrected chi connectivity index (χ0v) is 19.4. The molecule has 0 unspecified atom stereocenters. The highest BCUT2D eigenvalue weighted by atomic mass is 19.4. The molecule has 0 radical (unpaired) electrons. The Bertz CT molecular complexity index is 1540. The van der Waals surface area contributed by atoms with Crippen LogP contribution in [0.4, 0.5) is 33.6 Å². The minimum absolute atomic E-state index is 0.0160. The molecule has 0 atom stereocenters. The van der Waals surface area contributed by atoms with Gasteiger partial charge >= 0.3 is 6.18 Å². The van der Waals surface area contributed by atoms with Gasteiger partial charge in [0.15, 0.2) is 0 Å². The Kier molecular flexibility index (Phi) is 6.25. The van der Waals surface area contributed by atoms with Gasteiger partial charge in [-0.15, -0.1) is 0 Å². The fourth-order valence-corrected chi connectivity index (χ4v) is 4.53. The summed E-state index contributed by atoms with van der Waals surface area (Å²) in [6.45, 7) is 8.33. The molecule has 1 aromatic heterocycles. The van der Waals surface area contributed by atoms with E-state index in [9.17, 15) is 22.0 Å². The molecule has 3 aromatic carbocycles. The van der Waals surface area contributed by atoms with E-state index < -0.39 is 28.9 Å². The first-order chi connectivity index (χ1) is 17.7. The molecule has 0 bridgehead atoms. The lowest BCUT2D eigenvalue weighted by Gasteiger charge is -2.30. The number of fused-ring (bicyclic) bond motifs is 1. The summed E-state index contributed by atoms with van der Waals surface area (Å²) in [6.07, 6.45) is -3.31. The van der Waals surface area contributed by atoms with Crippen molar-refractivity contribution in [1.82, 2.24) is 9.97 Å². The summed E-state index contributed by atoms with van der Waals surface area (Å²) in [6, 6.07) is 11.1. The van der Waals surface area contributed by atoms with Gasteiger partial charge in [0.2, 0.25) is 11.6 Å². The molecule has 5 rings (SSSR count). The summed E-state index contributed by atoms with van der Waals surface area (Å²) in [5.74, 6) is -1.40. The Morgan fingerprint density at radius 2 is 1.65 bits per heavy atom. The summed E-state index contributed by atoms with van der Waals surface area (Å²) in [7, 11) is 0. The zero-order valence-electron chi connectivity index (χ0n) is 19.4. The molecule has 0 spiro atoms. The monoisotopic (exact) mass is 509 g/mol. The minimum atomic E-state index is -4.77.